The molecular weight excluding hydrogens is 302 g/mol. The van der Waals surface area contributed by atoms with Crippen molar-refractivity contribution >= 4 is 35.6 Å². The Morgan fingerprint density at radius 3 is 1.91 bits per heavy atom. The van der Waals surface area contributed by atoms with Crippen LogP contribution in [0.5, 0.6) is 0 Å². The number of nitrogens with two attached hydrogens (primary N) is 1. The highest BCUT2D eigenvalue weighted by atomic mass is 35.5. The third-order valence-corrected chi connectivity index (χ3v) is 3.13. The van der Waals surface area contributed by atoms with Crippen molar-refractivity contribution in [1.82, 2.24) is 0 Å². The lowest BCUT2D eigenvalue weighted by Crippen LogP contribution is -2.12. The first-order valence-electron chi connectivity index (χ1n) is 7.55. The van der Waals surface area contributed by atoms with Crippen molar-refractivity contribution in [3.63, 3.8) is 0 Å². The molecule has 1 aromatic rings. The number of nitrogens with one attached hydrogen (secondary N) is 2. The van der Waals surface area contributed by atoms with Gasteiger partial charge in [-0.3, -0.25) is 9.59 Å². The zero-order valence-corrected chi connectivity index (χ0v) is 13.9. The summed E-state index contributed by atoms with van der Waals surface area (Å²) in [7, 11) is 0. The highest BCUT2D eigenvalue weighted by Gasteiger charge is 2.03. The molecule has 6 heteroatoms. The van der Waals surface area contributed by atoms with Crippen LogP contribution in [0.25, 0.3) is 0 Å². The Bertz CT molecular complexity index is 449. The van der Waals surface area contributed by atoms with Crippen LogP contribution in [-0.2, 0) is 9.59 Å². The van der Waals surface area contributed by atoms with Gasteiger partial charge in [0.25, 0.3) is 0 Å². The standard InChI is InChI=1S/C16H25N3O2.ClH/c1-2-15(20)18-13-8-10-14(11-9-13)19-16(21)7-5-3-4-6-12-17;/h8-11H,2-7,12,17H2,1H3,(H,18,20)(H,19,21);1H. The van der Waals surface area contributed by atoms with Gasteiger partial charge in [0, 0.05) is 24.2 Å². The third-order valence-electron chi connectivity index (χ3n) is 3.13. The topological polar surface area (TPSA) is 84.2 Å². The molecule has 0 bridgehead atoms. The van der Waals surface area contributed by atoms with Gasteiger partial charge in [-0.15, -0.1) is 12.4 Å². The minimum atomic E-state index is -0.0238. The van der Waals surface area contributed by atoms with Gasteiger partial charge in [0.15, 0.2) is 0 Å². The molecular formula is C16H26ClN3O2. The maximum atomic E-state index is 11.7. The molecule has 4 N–H and O–H groups in total. The molecule has 0 aliphatic rings. The van der Waals surface area contributed by atoms with E-state index in [9.17, 15) is 9.59 Å². The smallest absolute Gasteiger partial charge is 0.224 e. The Morgan fingerprint density at radius 1 is 0.909 bits per heavy atom. The van der Waals surface area contributed by atoms with E-state index in [-0.39, 0.29) is 24.2 Å². The summed E-state index contributed by atoms with van der Waals surface area (Å²) in [6, 6.07) is 7.14. The lowest BCUT2D eigenvalue weighted by Gasteiger charge is -2.07. The van der Waals surface area contributed by atoms with E-state index in [0.29, 0.717) is 19.4 Å². The predicted molar refractivity (Wildman–Crippen MR) is 93.4 cm³/mol. The van der Waals surface area contributed by atoms with E-state index in [4.69, 9.17) is 5.73 Å². The van der Waals surface area contributed by atoms with Crippen molar-refractivity contribution in [2.24, 2.45) is 5.73 Å². The molecule has 0 unspecified atom stereocenters. The molecule has 1 rings (SSSR count). The summed E-state index contributed by atoms with van der Waals surface area (Å²) >= 11 is 0. The van der Waals surface area contributed by atoms with Gasteiger partial charge in [0.05, 0.1) is 0 Å². The predicted octanol–water partition coefficient (Wildman–Crippen LogP) is 3.30. The highest BCUT2D eigenvalue weighted by molar-refractivity contribution is 5.92. The first-order valence-corrected chi connectivity index (χ1v) is 7.55. The van der Waals surface area contributed by atoms with Gasteiger partial charge in [0.1, 0.15) is 0 Å². The maximum Gasteiger partial charge on any atom is 0.224 e. The van der Waals surface area contributed by atoms with E-state index >= 15 is 0 Å². The molecule has 0 fully saturated rings. The van der Waals surface area contributed by atoms with Gasteiger partial charge in [-0.25, -0.2) is 0 Å². The van der Waals surface area contributed by atoms with E-state index < -0.39 is 0 Å². The van der Waals surface area contributed by atoms with Gasteiger partial charge in [0.2, 0.25) is 11.8 Å². The van der Waals surface area contributed by atoms with E-state index in [2.05, 4.69) is 10.6 Å². The fourth-order valence-corrected chi connectivity index (χ4v) is 1.89. The molecule has 0 saturated heterocycles. The Balaban J connectivity index is 0.00000441. The van der Waals surface area contributed by atoms with E-state index in [0.717, 1.165) is 37.1 Å². The van der Waals surface area contributed by atoms with Crippen LogP contribution in [0.2, 0.25) is 0 Å². The molecule has 0 aliphatic carbocycles. The molecule has 5 nitrogen and oxygen atoms in total. The molecule has 0 atom stereocenters. The zero-order chi connectivity index (χ0) is 15.5. The second-order valence-electron chi connectivity index (χ2n) is 4.98. The second kappa shape index (κ2) is 12.0. The van der Waals surface area contributed by atoms with Gasteiger partial charge < -0.3 is 16.4 Å². The number of hydrogen-bond acceptors (Lipinski definition) is 3. The average molecular weight is 328 g/mol. The van der Waals surface area contributed by atoms with Gasteiger partial charge in [-0.05, 0) is 43.7 Å². The van der Waals surface area contributed by atoms with Crippen molar-refractivity contribution in [2.45, 2.75) is 45.4 Å². The highest BCUT2D eigenvalue weighted by Crippen LogP contribution is 2.14. The number of carbonyl (C=O) groups is 2. The number of halogens is 1. The fraction of sp³-hybridized carbons (Fsp3) is 0.500. The summed E-state index contributed by atoms with van der Waals surface area (Å²) in [6.45, 7) is 2.52. The minimum Gasteiger partial charge on any atom is -0.330 e. The first kappa shape index (κ1) is 20.4. The van der Waals surface area contributed by atoms with Crippen LogP contribution in [0.3, 0.4) is 0 Å². The Kier molecular flexibility index (Phi) is 11.1. The number of rotatable bonds is 9. The van der Waals surface area contributed by atoms with Gasteiger partial charge in [-0.2, -0.15) is 0 Å². The lowest BCUT2D eigenvalue weighted by molar-refractivity contribution is -0.117. The lowest BCUT2D eigenvalue weighted by atomic mass is 10.1. The Labute approximate surface area is 138 Å². The van der Waals surface area contributed by atoms with Crippen molar-refractivity contribution in [3.05, 3.63) is 24.3 Å². The molecule has 0 spiro atoms. The Hall–Kier alpha value is -1.59. The Morgan fingerprint density at radius 2 is 1.41 bits per heavy atom. The van der Waals surface area contributed by atoms with Gasteiger partial charge in [-0.1, -0.05) is 19.8 Å². The summed E-state index contributed by atoms with van der Waals surface area (Å²) in [5, 5.41) is 5.62. The summed E-state index contributed by atoms with van der Waals surface area (Å²) in [4.78, 5) is 23.0. The quantitative estimate of drug-likeness (QED) is 0.608. The number of hydrogen-bond donors (Lipinski definition) is 3. The van der Waals surface area contributed by atoms with Crippen LogP contribution < -0.4 is 16.4 Å². The van der Waals surface area contributed by atoms with E-state index in [1.807, 2.05) is 0 Å². The molecule has 1 aromatic carbocycles. The van der Waals surface area contributed by atoms with Crippen LogP contribution in [0.4, 0.5) is 11.4 Å². The number of unbranched alkanes of at least 4 members (excludes halogenated alkanes) is 3. The summed E-state index contributed by atoms with van der Waals surface area (Å²) in [6.07, 6.45) is 4.99. The minimum absolute atomic E-state index is 0. The number of benzene rings is 1. The summed E-state index contributed by atoms with van der Waals surface area (Å²) < 4.78 is 0. The van der Waals surface area contributed by atoms with Crippen LogP contribution in [0.1, 0.15) is 45.4 Å². The fourth-order valence-electron chi connectivity index (χ4n) is 1.89. The second-order valence-corrected chi connectivity index (χ2v) is 4.98. The van der Waals surface area contributed by atoms with E-state index in [1.165, 1.54) is 0 Å². The van der Waals surface area contributed by atoms with Crippen LogP contribution in [-0.4, -0.2) is 18.4 Å². The van der Waals surface area contributed by atoms with Crippen LogP contribution in [0.15, 0.2) is 24.3 Å². The van der Waals surface area contributed by atoms with Crippen molar-refractivity contribution in [1.29, 1.82) is 0 Å². The normalized spacial score (nSPS) is 9.73. The molecule has 0 saturated carbocycles. The summed E-state index contributed by atoms with van der Waals surface area (Å²) in [5.41, 5.74) is 6.90. The SMILES string of the molecule is CCC(=O)Nc1ccc(NC(=O)CCCCCCN)cc1.Cl. The maximum absolute atomic E-state index is 11.7. The van der Waals surface area contributed by atoms with Crippen LogP contribution in [0, 0.1) is 0 Å². The number of carbonyl (C=O) groups excluding carboxylic acids is 2. The third kappa shape index (κ3) is 8.64. The largest absolute Gasteiger partial charge is 0.330 e. The molecule has 124 valence electrons. The van der Waals surface area contributed by atoms with Crippen molar-refractivity contribution in [2.75, 3.05) is 17.2 Å². The molecule has 22 heavy (non-hydrogen) atoms. The van der Waals surface area contributed by atoms with Gasteiger partial charge >= 0.3 is 0 Å². The van der Waals surface area contributed by atoms with Crippen LogP contribution >= 0.6 is 12.4 Å². The average Bonchev–Trinajstić information content (AvgIpc) is 2.49. The molecule has 0 heterocycles. The molecule has 0 radical (unpaired) electrons. The number of amides is 2. The zero-order valence-electron chi connectivity index (χ0n) is 13.1. The molecule has 2 amide bonds. The molecule has 0 aromatic heterocycles. The number of anilines is 2. The van der Waals surface area contributed by atoms with Crippen molar-refractivity contribution in [3.8, 4) is 0 Å². The molecule has 0 aliphatic heterocycles. The first-order chi connectivity index (χ1) is 10.2. The summed E-state index contributed by atoms with van der Waals surface area (Å²) in [5.74, 6) is -0.00245. The monoisotopic (exact) mass is 327 g/mol. The van der Waals surface area contributed by atoms with E-state index in [1.54, 1.807) is 31.2 Å². The van der Waals surface area contributed by atoms with Crippen molar-refractivity contribution < 1.29 is 9.59 Å².